The second kappa shape index (κ2) is 25.2. The monoisotopic (exact) mass is 1090 g/mol. The van der Waals surface area contributed by atoms with Gasteiger partial charge >= 0.3 is 28.5 Å². The summed E-state index contributed by atoms with van der Waals surface area (Å²) in [6.45, 7) is 3.12. The van der Waals surface area contributed by atoms with Gasteiger partial charge in [0.15, 0.2) is 0 Å². The highest BCUT2D eigenvalue weighted by atomic mass is 35.5. The summed E-state index contributed by atoms with van der Waals surface area (Å²) in [4.78, 5) is 16.9. The zero-order chi connectivity index (χ0) is 52.0. The van der Waals surface area contributed by atoms with Gasteiger partial charge in [0.05, 0.1) is 30.2 Å². The van der Waals surface area contributed by atoms with Crippen molar-refractivity contribution in [3.8, 4) is 22.9 Å². The Hall–Kier alpha value is -5.30. The van der Waals surface area contributed by atoms with E-state index in [2.05, 4.69) is 49.2 Å². The number of rotatable bonds is 19. The molecule has 0 aliphatic heterocycles. The van der Waals surface area contributed by atoms with Gasteiger partial charge in [-0.15, -0.1) is 20.4 Å². The highest BCUT2D eigenvalue weighted by Crippen LogP contribution is 2.28. The Kier molecular flexibility index (Phi) is 20.6. The Morgan fingerprint density at radius 3 is 1.37 bits per heavy atom. The summed E-state index contributed by atoms with van der Waals surface area (Å²) in [5, 5.41) is 14.8. The highest BCUT2D eigenvalue weighted by molar-refractivity contribution is 7.88. The maximum Gasteiger partial charge on any atom is 0.523 e. The average Bonchev–Trinajstić information content (AvgIpc) is 3.99. The molecule has 6 rings (SSSR count). The second-order valence-electron chi connectivity index (χ2n) is 14.3. The van der Waals surface area contributed by atoms with E-state index in [0.29, 0.717) is 52.2 Å². The van der Waals surface area contributed by atoms with Gasteiger partial charge in [-0.2, -0.15) is 39.2 Å². The van der Waals surface area contributed by atoms with Crippen molar-refractivity contribution in [3.63, 3.8) is 0 Å². The van der Waals surface area contributed by atoms with Crippen LogP contribution in [-0.2, 0) is 47.2 Å². The Bertz CT molecular complexity index is 2930. The van der Waals surface area contributed by atoms with Crippen LogP contribution in [-0.4, -0.2) is 114 Å². The van der Waals surface area contributed by atoms with Gasteiger partial charge in [0.2, 0.25) is 20.0 Å². The number of benzene rings is 2. The molecule has 0 spiro atoms. The molecule has 4 heterocycles. The highest BCUT2D eigenvalue weighted by Gasteiger charge is 2.47. The smallest absolute Gasteiger partial charge is 0.415 e. The second-order valence-corrected chi connectivity index (χ2v) is 20.6. The molecule has 0 aliphatic rings. The van der Waals surface area contributed by atoms with Gasteiger partial charge in [-0.3, -0.25) is 4.18 Å². The van der Waals surface area contributed by atoms with Crippen molar-refractivity contribution >= 4 is 53.4 Å². The Morgan fingerprint density at radius 2 is 1.06 bits per heavy atom. The molecule has 31 heteroatoms. The predicted octanol–water partition coefficient (Wildman–Crippen LogP) is 7.59. The lowest BCUT2D eigenvalue weighted by Gasteiger charge is -2.25. The van der Waals surface area contributed by atoms with Crippen molar-refractivity contribution < 1.29 is 69.0 Å². The van der Waals surface area contributed by atoms with E-state index in [9.17, 15) is 56.0 Å². The molecule has 0 saturated heterocycles. The number of hydrogen-bond acceptors (Lipinski definition) is 17. The van der Waals surface area contributed by atoms with Crippen molar-refractivity contribution in [2.24, 2.45) is 0 Å². The van der Waals surface area contributed by atoms with Gasteiger partial charge in [0.1, 0.15) is 11.6 Å². The van der Waals surface area contributed by atoms with Crippen LogP contribution in [0.2, 0.25) is 10.0 Å². The predicted molar refractivity (Wildman–Crippen MR) is 238 cm³/mol. The van der Waals surface area contributed by atoms with Gasteiger partial charge in [-0.05, 0) is 42.3 Å². The number of aromatic nitrogens is 8. The molecule has 0 bridgehead atoms. The molecule has 4 aromatic heterocycles. The van der Waals surface area contributed by atoms with Crippen LogP contribution < -0.4 is 4.72 Å². The van der Waals surface area contributed by atoms with Gasteiger partial charge in [-0.25, -0.2) is 45.8 Å². The first-order valence-corrected chi connectivity index (χ1v) is 25.8. The zero-order valence-corrected chi connectivity index (χ0v) is 40.8. The fraction of sp³-hybridized carbons (Fsp3) is 0.385. The molecule has 2 atom stereocenters. The van der Waals surface area contributed by atoms with E-state index in [0.717, 1.165) is 24.3 Å². The first kappa shape index (κ1) is 57.3. The van der Waals surface area contributed by atoms with Gasteiger partial charge < -0.3 is 8.83 Å². The van der Waals surface area contributed by atoms with Gasteiger partial charge in [0.25, 0.3) is 23.6 Å². The van der Waals surface area contributed by atoms with E-state index in [1.165, 1.54) is 35.3 Å². The first-order chi connectivity index (χ1) is 32.7. The fourth-order valence-electron chi connectivity index (χ4n) is 5.75. The van der Waals surface area contributed by atoms with E-state index in [4.69, 9.17) is 32.0 Å². The summed E-state index contributed by atoms with van der Waals surface area (Å²) in [5.74, 6) is -1.38. The molecule has 0 amide bonds. The lowest BCUT2D eigenvalue weighted by atomic mass is 9.95. The number of hydrogen-bond donors (Lipinski definition) is 1. The van der Waals surface area contributed by atoms with E-state index in [1.54, 1.807) is 43.3 Å². The molecular weight excluding hydrogens is 1050 g/mol. The van der Waals surface area contributed by atoms with Crippen LogP contribution >= 0.6 is 23.2 Å². The molecule has 0 aliphatic carbocycles. The summed E-state index contributed by atoms with van der Waals surface area (Å²) in [6.07, 6.45) is 2.76. The quantitative estimate of drug-likeness (QED) is 0.0465. The Morgan fingerprint density at radius 1 is 0.657 bits per heavy atom. The van der Waals surface area contributed by atoms with Crippen LogP contribution in [0, 0.1) is 0 Å². The van der Waals surface area contributed by atoms with Crippen molar-refractivity contribution in [3.05, 3.63) is 118 Å². The number of alkyl halides is 7. The Balaban J connectivity index is 0.000000256. The van der Waals surface area contributed by atoms with Crippen LogP contribution in [0.4, 0.5) is 30.7 Å². The van der Waals surface area contributed by atoms with Gasteiger partial charge in [-0.1, -0.05) is 54.4 Å². The molecule has 0 saturated carbocycles. The zero-order valence-electron chi connectivity index (χ0n) is 36.8. The minimum Gasteiger partial charge on any atom is -0.415 e. The average molecular weight is 1090 g/mol. The van der Waals surface area contributed by atoms with E-state index < -0.39 is 66.9 Å². The van der Waals surface area contributed by atoms with E-state index >= 15 is 0 Å². The number of likely N-dealkylation sites (N-methyl/N-ethyl adjacent to an activating group) is 1. The topological polar surface area (TPSA) is 256 Å². The molecular formula is C39H41Cl2F7N10O9S3. The minimum absolute atomic E-state index is 0.106. The first-order valence-electron chi connectivity index (χ1n) is 19.9. The summed E-state index contributed by atoms with van der Waals surface area (Å²) < 4.78 is 168. The van der Waals surface area contributed by atoms with Gasteiger partial charge in [0, 0.05) is 79.1 Å². The maximum atomic E-state index is 12.6. The van der Waals surface area contributed by atoms with Crippen molar-refractivity contribution in [1.29, 1.82) is 0 Å². The Labute approximate surface area is 406 Å². The third-order valence-corrected chi connectivity index (χ3v) is 12.7. The van der Waals surface area contributed by atoms with Crippen molar-refractivity contribution in [1.82, 2.24) is 49.4 Å². The van der Waals surface area contributed by atoms with Crippen LogP contribution in [0.15, 0.2) is 82.2 Å². The number of nitrogens with one attached hydrogen (secondary N) is 1. The molecule has 2 aromatic carbocycles. The third-order valence-electron chi connectivity index (χ3n) is 9.09. The SMILES string of the molecule is CCN(CC(Cc1ncc(-c2nnc(C(F)F)o2)cn1)c1ccc(Cl)cc1)S(C)(=O)=O.CCOS(=O)(=O)C(F)(F)F.CS(=O)(=O)NCC(Cc1ncc(-c2nnc(C(F)F)o2)cn1)c1ccc(Cl)cc1. The molecule has 382 valence electrons. The molecule has 2 unspecified atom stereocenters. The summed E-state index contributed by atoms with van der Waals surface area (Å²) in [6, 6.07) is 14.2. The largest absolute Gasteiger partial charge is 0.523 e. The van der Waals surface area contributed by atoms with E-state index in [1.807, 2.05) is 12.1 Å². The summed E-state index contributed by atoms with van der Waals surface area (Å²) >= 11 is 11.9. The standard InChI is InChI=1S/C19H20ClF2N5O3S.C17H16ClF2N5O3S.C3H5F3O3S/c1-3-27(31(2,28)29)11-13(12-4-6-15(20)7-5-12)8-16-23-9-14(10-24-16)18-25-26-19(30-18)17(21)22;1-29(26,27)23-9-11(10-2-4-13(18)5-3-10)6-14-21-7-12(8-22-14)16-24-25-17(28-16)15(19)20;1-2-9-10(7,8)3(4,5)6/h4-7,9-10,13,17H,3,8,11H2,1-2H3;2-5,7-8,11,15,23H,6,9H2,1H3;2H2,1H3. The number of sulfonamides is 2. The normalized spacial score (nSPS) is 13.1. The minimum atomic E-state index is -5.35. The lowest BCUT2D eigenvalue weighted by Crippen LogP contribution is -2.34. The molecule has 6 aromatic rings. The van der Waals surface area contributed by atoms with E-state index in [-0.39, 0.29) is 36.7 Å². The summed E-state index contributed by atoms with van der Waals surface area (Å²) in [7, 11) is -12.1. The number of halogens is 9. The maximum absolute atomic E-state index is 12.6. The molecule has 70 heavy (non-hydrogen) atoms. The van der Waals surface area contributed by atoms with Crippen molar-refractivity contribution in [2.75, 3.05) is 38.8 Å². The van der Waals surface area contributed by atoms with Crippen LogP contribution in [0.25, 0.3) is 22.9 Å². The molecule has 0 fully saturated rings. The summed E-state index contributed by atoms with van der Waals surface area (Å²) in [5.41, 5.74) is -2.96. The van der Waals surface area contributed by atoms with Crippen LogP contribution in [0.3, 0.4) is 0 Å². The van der Waals surface area contributed by atoms with Crippen molar-refractivity contribution in [2.45, 2.75) is 56.9 Å². The fourth-order valence-corrected chi connectivity index (χ4v) is 7.86. The molecule has 0 radical (unpaired) electrons. The third kappa shape index (κ3) is 17.8. The van der Waals surface area contributed by atoms with Crippen LogP contribution in [0.1, 0.15) is 73.1 Å². The molecule has 1 N–H and O–H groups in total. The van der Waals surface area contributed by atoms with Crippen LogP contribution in [0.5, 0.6) is 0 Å². The molecule has 19 nitrogen and oxygen atoms in total. The number of nitrogens with zero attached hydrogens (tertiary/aromatic N) is 9. The lowest BCUT2D eigenvalue weighted by molar-refractivity contribution is -0.0539.